The molecule has 25 heavy (non-hydrogen) atoms. The lowest BCUT2D eigenvalue weighted by Crippen LogP contribution is -2.51. The van der Waals surface area contributed by atoms with Crippen molar-refractivity contribution in [3.63, 3.8) is 0 Å². The number of nitrogens with zero attached hydrogens (tertiary/aromatic N) is 1. The van der Waals surface area contributed by atoms with Crippen molar-refractivity contribution < 1.29 is 19.4 Å². The molecule has 1 saturated heterocycles. The van der Waals surface area contributed by atoms with Gasteiger partial charge in [-0.25, -0.2) is 0 Å². The molecule has 140 valence electrons. The van der Waals surface area contributed by atoms with Crippen molar-refractivity contribution >= 4 is 5.91 Å². The van der Waals surface area contributed by atoms with Gasteiger partial charge in [0.1, 0.15) is 0 Å². The third-order valence-corrected chi connectivity index (χ3v) is 4.41. The molecule has 0 bridgehead atoms. The zero-order valence-corrected chi connectivity index (χ0v) is 15.5. The van der Waals surface area contributed by atoms with E-state index in [1.54, 1.807) is 19.2 Å². The molecule has 1 aliphatic rings. The Balaban J connectivity index is 2.13. The molecule has 2 N–H and O–H groups in total. The number of carbonyl (C=O) groups is 1. The van der Waals surface area contributed by atoms with Gasteiger partial charge in [0.05, 0.1) is 6.61 Å². The van der Waals surface area contributed by atoms with E-state index in [1.165, 1.54) is 6.07 Å². The van der Waals surface area contributed by atoms with Gasteiger partial charge in [0.25, 0.3) is 5.91 Å². The molecule has 0 unspecified atom stereocenters. The van der Waals surface area contributed by atoms with Gasteiger partial charge in [-0.15, -0.1) is 0 Å². The maximum absolute atomic E-state index is 13.1. The van der Waals surface area contributed by atoms with Gasteiger partial charge in [-0.3, -0.25) is 4.79 Å². The van der Waals surface area contributed by atoms with Gasteiger partial charge < -0.3 is 24.8 Å². The predicted octanol–water partition coefficient (Wildman–Crippen LogP) is 2.41. The molecule has 6 heteroatoms. The van der Waals surface area contributed by atoms with E-state index in [4.69, 9.17) is 9.47 Å². The van der Waals surface area contributed by atoms with Crippen molar-refractivity contribution in [2.24, 2.45) is 0 Å². The number of hydrogen-bond donors (Lipinski definition) is 2. The van der Waals surface area contributed by atoms with Crippen LogP contribution in [-0.4, -0.2) is 61.4 Å². The van der Waals surface area contributed by atoms with E-state index < -0.39 is 0 Å². The number of benzene rings is 1. The lowest BCUT2D eigenvalue weighted by Gasteiger charge is -2.37. The fourth-order valence-electron chi connectivity index (χ4n) is 3.19. The molecule has 1 heterocycles. The number of methoxy groups -OCH3 is 1. The largest absolute Gasteiger partial charge is 0.504 e. The smallest absolute Gasteiger partial charge is 0.254 e. The molecule has 1 amide bonds. The molecular formula is C19H30N2O4. The monoisotopic (exact) mass is 350 g/mol. The summed E-state index contributed by atoms with van der Waals surface area (Å²) in [7, 11) is 1.64. The number of rotatable bonds is 8. The van der Waals surface area contributed by atoms with Crippen LogP contribution in [-0.2, 0) is 4.74 Å². The van der Waals surface area contributed by atoms with Crippen LogP contribution in [0.25, 0.3) is 0 Å². The molecule has 0 spiro atoms. The minimum absolute atomic E-state index is 0.0227. The van der Waals surface area contributed by atoms with E-state index in [-0.39, 0.29) is 23.7 Å². The maximum atomic E-state index is 13.1. The molecule has 1 aromatic carbocycles. The van der Waals surface area contributed by atoms with Crippen LogP contribution in [0.4, 0.5) is 0 Å². The van der Waals surface area contributed by atoms with Crippen molar-refractivity contribution in [1.82, 2.24) is 10.2 Å². The van der Waals surface area contributed by atoms with Gasteiger partial charge in [-0.1, -0.05) is 0 Å². The highest BCUT2D eigenvalue weighted by atomic mass is 16.5. The number of hydrogen-bond acceptors (Lipinski definition) is 5. The highest BCUT2D eigenvalue weighted by molar-refractivity contribution is 5.95. The molecule has 0 radical (unpaired) electrons. The summed E-state index contributed by atoms with van der Waals surface area (Å²) in [6.45, 7) is 6.93. The Morgan fingerprint density at radius 2 is 2.20 bits per heavy atom. The Hall–Kier alpha value is -1.79. The summed E-state index contributed by atoms with van der Waals surface area (Å²) in [5.41, 5.74) is 0.541. The Morgan fingerprint density at radius 3 is 2.84 bits per heavy atom. The number of nitrogens with one attached hydrogen (secondary N) is 1. The topological polar surface area (TPSA) is 71.0 Å². The lowest BCUT2D eigenvalue weighted by molar-refractivity contribution is 0.0573. The molecule has 0 saturated carbocycles. The molecule has 0 aliphatic carbocycles. The SMILES string of the molecule is COCCCOc1cc(C(=O)N(C(C)C)[C@@H]2CCCNC2)ccc1O. The molecule has 1 aliphatic heterocycles. The first-order valence-electron chi connectivity index (χ1n) is 9.02. The predicted molar refractivity (Wildman–Crippen MR) is 97.3 cm³/mol. The summed E-state index contributed by atoms with van der Waals surface area (Å²) in [5.74, 6) is 0.363. The molecule has 6 nitrogen and oxygen atoms in total. The second-order valence-corrected chi connectivity index (χ2v) is 6.68. The summed E-state index contributed by atoms with van der Waals surface area (Å²) in [5, 5.41) is 13.3. The molecular weight excluding hydrogens is 320 g/mol. The first-order valence-corrected chi connectivity index (χ1v) is 9.02. The average molecular weight is 350 g/mol. The van der Waals surface area contributed by atoms with Crippen LogP contribution < -0.4 is 10.1 Å². The zero-order valence-electron chi connectivity index (χ0n) is 15.5. The lowest BCUT2D eigenvalue weighted by atomic mass is 10.0. The Kier molecular flexibility index (Phi) is 7.52. The van der Waals surface area contributed by atoms with Gasteiger partial charge in [0.2, 0.25) is 0 Å². The number of phenols is 1. The minimum Gasteiger partial charge on any atom is -0.504 e. The first kappa shape index (κ1) is 19.5. The number of amides is 1. The van der Waals surface area contributed by atoms with Crippen LogP contribution in [0.15, 0.2) is 18.2 Å². The minimum atomic E-state index is -0.0227. The average Bonchev–Trinajstić information content (AvgIpc) is 2.61. The van der Waals surface area contributed by atoms with Gasteiger partial charge in [-0.2, -0.15) is 0 Å². The summed E-state index contributed by atoms with van der Waals surface area (Å²) >= 11 is 0. The van der Waals surface area contributed by atoms with E-state index in [0.717, 1.165) is 32.4 Å². The molecule has 1 atom stereocenters. The second kappa shape index (κ2) is 9.63. The van der Waals surface area contributed by atoms with E-state index in [9.17, 15) is 9.90 Å². The Bertz CT molecular complexity index is 556. The third-order valence-electron chi connectivity index (χ3n) is 4.41. The van der Waals surface area contributed by atoms with Crippen molar-refractivity contribution in [1.29, 1.82) is 0 Å². The van der Waals surface area contributed by atoms with E-state index in [1.807, 2.05) is 18.7 Å². The maximum Gasteiger partial charge on any atom is 0.254 e. The number of piperidine rings is 1. The van der Waals surface area contributed by atoms with Crippen LogP contribution >= 0.6 is 0 Å². The number of carbonyl (C=O) groups excluding carboxylic acids is 1. The highest BCUT2D eigenvalue weighted by Crippen LogP contribution is 2.28. The van der Waals surface area contributed by atoms with E-state index in [0.29, 0.717) is 24.5 Å². The van der Waals surface area contributed by atoms with Crippen molar-refractivity contribution in [3.8, 4) is 11.5 Å². The quantitative estimate of drug-likeness (QED) is 0.705. The van der Waals surface area contributed by atoms with E-state index >= 15 is 0 Å². The van der Waals surface area contributed by atoms with Crippen LogP contribution in [0.3, 0.4) is 0 Å². The third kappa shape index (κ3) is 5.34. The van der Waals surface area contributed by atoms with Crippen LogP contribution in [0.1, 0.15) is 43.5 Å². The van der Waals surface area contributed by atoms with E-state index in [2.05, 4.69) is 5.32 Å². The van der Waals surface area contributed by atoms with Gasteiger partial charge in [0, 0.05) is 44.3 Å². The molecule has 1 aromatic rings. The highest BCUT2D eigenvalue weighted by Gasteiger charge is 2.28. The first-order chi connectivity index (χ1) is 12.0. The Labute approximate surface area is 150 Å². The summed E-state index contributed by atoms with van der Waals surface area (Å²) in [6, 6.07) is 5.12. The molecule has 0 aromatic heterocycles. The zero-order chi connectivity index (χ0) is 18.2. The van der Waals surface area contributed by atoms with Crippen molar-refractivity contribution in [2.75, 3.05) is 33.4 Å². The standard InChI is InChI=1S/C19H30N2O4/c1-14(2)21(16-6-4-9-20-13-16)19(23)15-7-8-17(22)18(12-15)25-11-5-10-24-3/h7-8,12,14,16,20,22H,4-6,9-11,13H2,1-3H3/t16-/m1/s1. The van der Waals surface area contributed by atoms with Crippen molar-refractivity contribution in [2.45, 2.75) is 45.2 Å². The van der Waals surface area contributed by atoms with Crippen LogP contribution in [0.5, 0.6) is 11.5 Å². The van der Waals surface area contributed by atoms with Gasteiger partial charge in [-0.05, 0) is 51.4 Å². The fraction of sp³-hybridized carbons (Fsp3) is 0.632. The summed E-state index contributed by atoms with van der Waals surface area (Å²) < 4.78 is 10.6. The number of ether oxygens (including phenoxy) is 2. The molecule has 1 fully saturated rings. The molecule has 2 rings (SSSR count). The van der Waals surface area contributed by atoms with Crippen LogP contribution in [0, 0.1) is 0 Å². The van der Waals surface area contributed by atoms with Crippen LogP contribution in [0.2, 0.25) is 0 Å². The summed E-state index contributed by atoms with van der Waals surface area (Å²) in [4.78, 5) is 15.0. The number of phenolic OH excluding ortho intramolecular Hbond substituents is 1. The normalized spacial score (nSPS) is 17.5. The number of aromatic hydroxyl groups is 1. The van der Waals surface area contributed by atoms with Crippen molar-refractivity contribution in [3.05, 3.63) is 23.8 Å². The van der Waals surface area contributed by atoms with Gasteiger partial charge >= 0.3 is 0 Å². The second-order valence-electron chi connectivity index (χ2n) is 6.68. The fourth-order valence-corrected chi connectivity index (χ4v) is 3.19. The summed E-state index contributed by atoms with van der Waals surface area (Å²) in [6.07, 6.45) is 2.81. The van der Waals surface area contributed by atoms with Gasteiger partial charge in [0.15, 0.2) is 11.5 Å². The Morgan fingerprint density at radius 1 is 1.40 bits per heavy atom.